The van der Waals surface area contributed by atoms with E-state index in [1.165, 1.54) is 24.8 Å². The van der Waals surface area contributed by atoms with Gasteiger partial charge in [0.05, 0.1) is 0 Å². The fraction of sp³-hybridized carbons (Fsp3) is 0.429. The standard InChI is InChI=1S/C14H19NO/c1-2-11-16-13-8-6-12(7-9-13)14-5-3-4-10-15-14/h2,6-9,14-15H,1,3-5,10-11H2. The van der Waals surface area contributed by atoms with E-state index in [1.54, 1.807) is 6.08 Å². The van der Waals surface area contributed by atoms with Gasteiger partial charge in [-0.3, -0.25) is 0 Å². The monoisotopic (exact) mass is 217 g/mol. The maximum atomic E-state index is 5.46. The number of piperidine rings is 1. The highest BCUT2D eigenvalue weighted by Gasteiger charge is 2.13. The van der Waals surface area contributed by atoms with Gasteiger partial charge in [0.1, 0.15) is 12.4 Å². The number of rotatable bonds is 4. The molecule has 16 heavy (non-hydrogen) atoms. The summed E-state index contributed by atoms with van der Waals surface area (Å²) < 4.78 is 5.46. The molecule has 1 unspecified atom stereocenters. The van der Waals surface area contributed by atoms with E-state index in [0.29, 0.717) is 12.6 Å². The van der Waals surface area contributed by atoms with Crippen LogP contribution in [0.5, 0.6) is 5.75 Å². The molecule has 0 aromatic heterocycles. The average Bonchev–Trinajstić information content (AvgIpc) is 2.38. The summed E-state index contributed by atoms with van der Waals surface area (Å²) in [7, 11) is 0. The summed E-state index contributed by atoms with van der Waals surface area (Å²) >= 11 is 0. The molecule has 1 atom stereocenters. The number of hydrogen-bond acceptors (Lipinski definition) is 2. The Morgan fingerprint density at radius 2 is 2.12 bits per heavy atom. The van der Waals surface area contributed by atoms with Crippen LogP contribution in [0.25, 0.3) is 0 Å². The molecule has 1 heterocycles. The van der Waals surface area contributed by atoms with Crippen molar-refractivity contribution in [2.24, 2.45) is 0 Å². The van der Waals surface area contributed by atoms with Crippen LogP contribution in [0.2, 0.25) is 0 Å². The van der Waals surface area contributed by atoms with Crippen molar-refractivity contribution < 1.29 is 4.74 Å². The molecule has 1 aliphatic rings. The Bertz CT molecular complexity index is 325. The molecule has 1 fully saturated rings. The molecule has 0 saturated carbocycles. The zero-order valence-electron chi connectivity index (χ0n) is 9.61. The van der Waals surface area contributed by atoms with E-state index in [1.807, 2.05) is 12.1 Å². The van der Waals surface area contributed by atoms with E-state index in [-0.39, 0.29) is 0 Å². The highest BCUT2D eigenvalue weighted by Crippen LogP contribution is 2.24. The molecule has 1 saturated heterocycles. The minimum absolute atomic E-state index is 0.530. The molecule has 1 aromatic rings. The van der Waals surface area contributed by atoms with Gasteiger partial charge in [-0.2, -0.15) is 0 Å². The Morgan fingerprint density at radius 3 is 2.75 bits per heavy atom. The maximum absolute atomic E-state index is 5.46. The quantitative estimate of drug-likeness (QED) is 0.783. The Kier molecular flexibility index (Phi) is 4.00. The molecule has 1 aromatic carbocycles. The molecule has 0 spiro atoms. The molecular formula is C14H19NO. The van der Waals surface area contributed by atoms with Crippen molar-refractivity contribution in [1.82, 2.24) is 5.32 Å². The van der Waals surface area contributed by atoms with Gasteiger partial charge in [0, 0.05) is 6.04 Å². The van der Waals surface area contributed by atoms with Crippen LogP contribution in [0.3, 0.4) is 0 Å². The van der Waals surface area contributed by atoms with Gasteiger partial charge in [0.15, 0.2) is 0 Å². The van der Waals surface area contributed by atoms with Crippen molar-refractivity contribution in [2.45, 2.75) is 25.3 Å². The van der Waals surface area contributed by atoms with Crippen LogP contribution in [0.4, 0.5) is 0 Å². The van der Waals surface area contributed by atoms with Gasteiger partial charge >= 0.3 is 0 Å². The SMILES string of the molecule is C=CCOc1ccc(C2CCCCN2)cc1. The summed E-state index contributed by atoms with van der Waals surface area (Å²) in [4.78, 5) is 0. The van der Waals surface area contributed by atoms with E-state index in [4.69, 9.17) is 4.74 Å². The second kappa shape index (κ2) is 5.71. The van der Waals surface area contributed by atoms with E-state index in [9.17, 15) is 0 Å². The third-order valence-corrected chi connectivity index (χ3v) is 2.96. The Labute approximate surface area is 97.3 Å². The zero-order chi connectivity index (χ0) is 11.2. The molecule has 86 valence electrons. The minimum atomic E-state index is 0.530. The lowest BCUT2D eigenvalue weighted by Gasteiger charge is -2.23. The molecule has 1 N–H and O–H groups in total. The minimum Gasteiger partial charge on any atom is -0.490 e. The molecule has 2 heteroatoms. The van der Waals surface area contributed by atoms with E-state index in [0.717, 1.165) is 12.3 Å². The number of ether oxygens (including phenoxy) is 1. The lowest BCUT2D eigenvalue weighted by Crippen LogP contribution is -2.26. The van der Waals surface area contributed by atoms with Gasteiger partial charge in [0.2, 0.25) is 0 Å². The van der Waals surface area contributed by atoms with Crippen molar-refractivity contribution in [1.29, 1.82) is 0 Å². The fourth-order valence-corrected chi connectivity index (χ4v) is 2.09. The Balaban J connectivity index is 1.97. The molecule has 0 aliphatic carbocycles. The van der Waals surface area contributed by atoms with E-state index in [2.05, 4.69) is 24.0 Å². The maximum Gasteiger partial charge on any atom is 0.119 e. The third-order valence-electron chi connectivity index (χ3n) is 2.96. The van der Waals surface area contributed by atoms with Gasteiger partial charge < -0.3 is 10.1 Å². The summed E-state index contributed by atoms with van der Waals surface area (Å²) in [6.07, 6.45) is 5.63. The lowest BCUT2D eigenvalue weighted by atomic mass is 9.98. The lowest BCUT2D eigenvalue weighted by molar-refractivity contribution is 0.362. The third kappa shape index (κ3) is 2.86. The van der Waals surface area contributed by atoms with Crippen LogP contribution < -0.4 is 10.1 Å². The van der Waals surface area contributed by atoms with Gasteiger partial charge in [-0.05, 0) is 37.1 Å². The summed E-state index contributed by atoms with van der Waals surface area (Å²) in [6, 6.07) is 8.91. The van der Waals surface area contributed by atoms with E-state index >= 15 is 0 Å². The molecule has 2 nitrogen and oxygen atoms in total. The molecule has 2 rings (SSSR count). The van der Waals surface area contributed by atoms with Crippen LogP contribution in [0.15, 0.2) is 36.9 Å². The number of benzene rings is 1. The van der Waals surface area contributed by atoms with Gasteiger partial charge in [-0.1, -0.05) is 31.2 Å². The van der Waals surface area contributed by atoms with Crippen molar-refractivity contribution in [3.63, 3.8) is 0 Å². The smallest absolute Gasteiger partial charge is 0.119 e. The predicted octanol–water partition coefficient (Wildman–Crippen LogP) is 3.07. The van der Waals surface area contributed by atoms with Crippen LogP contribution in [0.1, 0.15) is 30.9 Å². The van der Waals surface area contributed by atoms with Gasteiger partial charge in [-0.25, -0.2) is 0 Å². The Morgan fingerprint density at radius 1 is 1.31 bits per heavy atom. The first kappa shape index (κ1) is 11.2. The van der Waals surface area contributed by atoms with Crippen molar-refractivity contribution >= 4 is 0 Å². The molecule has 0 amide bonds. The number of hydrogen-bond donors (Lipinski definition) is 1. The summed E-state index contributed by atoms with van der Waals surface area (Å²) in [5, 5.41) is 3.54. The fourth-order valence-electron chi connectivity index (χ4n) is 2.09. The zero-order valence-corrected chi connectivity index (χ0v) is 9.61. The first-order valence-corrected chi connectivity index (χ1v) is 5.97. The predicted molar refractivity (Wildman–Crippen MR) is 66.7 cm³/mol. The largest absolute Gasteiger partial charge is 0.490 e. The van der Waals surface area contributed by atoms with Gasteiger partial charge in [0.25, 0.3) is 0 Å². The van der Waals surface area contributed by atoms with Crippen LogP contribution in [-0.2, 0) is 0 Å². The molecule has 0 radical (unpaired) electrons. The van der Waals surface area contributed by atoms with Crippen molar-refractivity contribution in [3.05, 3.63) is 42.5 Å². The molecule has 0 bridgehead atoms. The highest BCUT2D eigenvalue weighted by atomic mass is 16.5. The topological polar surface area (TPSA) is 21.3 Å². The second-order valence-electron chi connectivity index (χ2n) is 4.17. The second-order valence-corrected chi connectivity index (χ2v) is 4.17. The van der Waals surface area contributed by atoms with Crippen LogP contribution >= 0.6 is 0 Å². The summed E-state index contributed by atoms with van der Waals surface area (Å²) in [5.41, 5.74) is 1.37. The summed E-state index contributed by atoms with van der Waals surface area (Å²) in [6.45, 7) is 5.34. The van der Waals surface area contributed by atoms with E-state index < -0.39 is 0 Å². The first-order chi connectivity index (χ1) is 7.90. The normalized spacial score (nSPS) is 20.4. The van der Waals surface area contributed by atoms with Crippen LogP contribution in [-0.4, -0.2) is 13.2 Å². The summed E-state index contributed by atoms with van der Waals surface area (Å²) in [5.74, 6) is 0.916. The first-order valence-electron chi connectivity index (χ1n) is 5.97. The number of nitrogens with one attached hydrogen (secondary N) is 1. The van der Waals surface area contributed by atoms with Crippen LogP contribution in [0, 0.1) is 0 Å². The molecular weight excluding hydrogens is 198 g/mol. The highest BCUT2D eigenvalue weighted by molar-refractivity contribution is 5.29. The molecule has 1 aliphatic heterocycles. The average molecular weight is 217 g/mol. The Hall–Kier alpha value is -1.28. The van der Waals surface area contributed by atoms with Gasteiger partial charge in [-0.15, -0.1) is 0 Å². The van der Waals surface area contributed by atoms with Crippen molar-refractivity contribution in [3.8, 4) is 5.75 Å². The van der Waals surface area contributed by atoms with Crippen molar-refractivity contribution in [2.75, 3.05) is 13.2 Å².